The normalized spacial score (nSPS) is 20.5. The van der Waals surface area contributed by atoms with E-state index in [1.165, 1.54) is 28.4 Å². The van der Waals surface area contributed by atoms with E-state index in [-0.39, 0.29) is 5.70 Å². The van der Waals surface area contributed by atoms with Crippen molar-refractivity contribution < 1.29 is 19.1 Å². The number of Topliss-reactive ketones (excluding diaryl/α,β-unsaturated/α-hetero) is 1. The molecule has 1 fully saturated rings. The molecule has 0 unspecified atom stereocenters. The molecule has 1 saturated heterocycles. The Morgan fingerprint density at radius 2 is 2.16 bits per heavy atom. The molecule has 3 heterocycles. The van der Waals surface area contributed by atoms with E-state index in [4.69, 9.17) is 4.74 Å². The molecule has 2 aliphatic heterocycles. The van der Waals surface area contributed by atoms with Crippen LogP contribution in [0.1, 0.15) is 26.5 Å². The van der Waals surface area contributed by atoms with Crippen molar-refractivity contribution in [3.8, 4) is 0 Å². The number of nitrogens with one attached hydrogen (secondary N) is 1. The summed E-state index contributed by atoms with van der Waals surface area (Å²) in [6.45, 7) is 7.14. The molecule has 0 aliphatic carbocycles. The number of aryl methyl sites for hydroxylation is 1. The summed E-state index contributed by atoms with van der Waals surface area (Å²) in [4.78, 5) is 37.6. The molecule has 1 amide bonds. The van der Waals surface area contributed by atoms with Crippen molar-refractivity contribution in [1.82, 2.24) is 20.3 Å². The van der Waals surface area contributed by atoms with E-state index in [1.54, 1.807) is 20.8 Å². The number of aromatic amines is 1. The Morgan fingerprint density at radius 3 is 2.76 bits per heavy atom. The molecule has 8 nitrogen and oxygen atoms in total. The molecule has 0 bridgehead atoms. The highest BCUT2D eigenvalue weighted by molar-refractivity contribution is 8.01. The Hall–Kier alpha value is -1.81. The third-order valence-corrected chi connectivity index (χ3v) is 5.94. The predicted octanol–water partition coefficient (Wildman–Crippen LogP) is 1.29. The summed E-state index contributed by atoms with van der Waals surface area (Å²) < 4.78 is 5.45. The van der Waals surface area contributed by atoms with Crippen LogP contribution in [0.15, 0.2) is 16.3 Å². The highest BCUT2D eigenvalue weighted by Crippen LogP contribution is 2.40. The number of thioether (sulfide) groups is 2. The molecule has 1 atom stereocenters. The minimum atomic E-state index is -0.691. The van der Waals surface area contributed by atoms with Gasteiger partial charge in [0.25, 0.3) is 11.7 Å². The molecule has 10 heteroatoms. The number of carbonyl (C=O) groups is 3. The van der Waals surface area contributed by atoms with Crippen LogP contribution in [0, 0.1) is 6.92 Å². The lowest BCUT2D eigenvalue weighted by molar-refractivity contribution is -0.161. The monoisotopic (exact) mass is 382 g/mol. The number of rotatable bonds is 4. The van der Waals surface area contributed by atoms with Gasteiger partial charge in [-0.15, -0.1) is 16.9 Å². The number of aromatic nitrogens is 3. The molecule has 0 radical (unpaired) electrons. The summed E-state index contributed by atoms with van der Waals surface area (Å²) in [6, 6.07) is 0. The molecule has 1 N–H and O–H groups in total. The van der Waals surface area contributed by atoms with Crippen LogP contribution in [-0.2, 0) is 19.1 Å². The van der Waals surface area contributed by atoms with Crippen LogP contribution >= 0.6 is 23.5 Å². The molecule has 3 rings (SSSR count). The van der Waals surface area contributed by atoms with Crippen molar-refractivity contribution in [3.05, 3.63) is 17.0 Å². The van der Waals surface area contributed by atoms with Crippen molar-refractivity contribution in [2.75, 3.05) is 11.5 Å². The Labute approximate surface area is 153 Å². The van der Waals surface area contributed by atoms with Gasteiger partial charge in [0.1, 0.15) is 16.3 Å². The fourth-order valence-corrected chi connectivity index (χ4v) is 4.65. The third kappa shape index (κ3) is 3.45. The summed E-state index contributed by atoms with van der Waals surface area (Å²) in [5.41, 5.74) is 1.09. The van der Waals surface area contributed by atoms with Crippen LogP contribution in [0.2, 0.25) is 0 Å². The molecular weight excluding hydrogens is 364 g/mol. The van der Waals surface area contributed by atoms with Gasteiger partial charge in [-0.05, 0) is 33.3 Å². The fraction of sp³-hybridized carbons (Fsp3) is 0.533. The molecular formula is C15H18N4O4S2. The Balaban J connectivity index is 1.88. The summed E-state index contributed by atoms with van der Waals surface area (Å²) in [7, 11) is 0. The molecule has 1 aromatic rings. The lowest BCUT2D eigenvalue weighted by Crippen LogP contribution is -2.62. The van der Waals surface area contributed by atoms with Gasteiger partial charge in [0.05, 0.1) is 5.69 Å². The first-order valence-corrected chi connectivity index (χ1v) is 9.67. The number of ether oxygens (including phenoxy) is 1. The van der Waals surface area contributed by atoms with Gasteiger partial charge in [-0.2, -0.15) is 0 Å². The van der Waals surface area contributed by atoms with Crippen molar-refractivity contribution in [2.45, 2.75) is 43.7 Å². The number of β-lactam (4-membered cyclic amide) rings is 1. The van der Waals surface area contributed by atoms with Crippen molar-refractivity contribution >= 4 is 41.2 Å². The average Bonchev–Trinajstić information content (AvgIpc) is 2.94. The van der Waals surface area contributed by atoms with E-state index in [0.29, 0.717) is 11.5 Å². The van der Waals surface area contributed by atoms with E-state index in [2.05, 4.69) is 15.4 Å². The number of amides is 1. The third-order valence-electron chi connectivity index (χ3n) is 3.53. The van der Waals surface area contributed by atoms with E-state index >= 15 is 0 Å². The number of nitrogens with zero attached hydrogens (tertiary/aromatic N) is 3. The van der Waals surface area contributed by atoms with Crippen LogP contribution in [0.4, 0.5) is 0 Å². The number of hydrogen-bond acceptors (Lipinski definition) is 8. The number of esters is 1. The molecule has 2 aliphatic rings. The molecule has 0 spiro atoms. The second-order valence-corrected chi connectivity index (χ2v) is 8.72. The first-order chi connectivity index (χ1) is 11.7. The summed E-state index contributed by atoms with van der Waals surface area (Å²) >= 11 is 2.77. The molecule has 1 aromatic heterocycles. The summed E-state index contributed by atoms with van der Waals surface area (Å²) in [6.07, 6.45) is 0. The maximum atomic E-state index is 12.7. The van der Waals surface area contributed by atoms with Gasteiger partial charge in [-0.3, -0.25) is 19.6 Å². The van der Waals surface area contributed by atoms with Gasteiger partial charge in [0, 0.05) is 11.5 Å². The van der Waals surface area contributed by atoms with Crippen LogP contribution in [0.5, 0.6) is 0 Å². The maximum absolute atomic E-state index is 12.7. The first kappa shape index (κ1) is 18.0. The quantitative estimate of drug-likeness (QED) is 0.359. The van der Waals surface area contributed by atoms with Gasteiger partial charge >= 0.3 is 5.97 Å². The van der Waals surface area contributed by atoms with Gasteiger partial charge in [-0.25, -0.2) is 4.79 Å². The largest absolute Gasteiger partial charge is 0.455 e. The number of carbonyl (C=O) groups excluding carboxylic acids is 3. The van der Waals surface area contributed by atoms with E-state index in [1.807, 2.05) is 6.92 Å². The van der Waals surface area contributed by atoms with Crippen LogP contribution in [0.3, 0.4) is 0 Å². The molecule has 25 heavy (non-hydrogen) atoms. The predicted molar refractivity (Wildman–Crippen MR) is 92.8 cm³/mol. The zero-order chi connectivity index (χ0) is 18.4. The smallest absolute Gasteiger partial charge is 0.355 e. The zero-order valence-electron chi connectivity index (χ0n) is 14.3. The van der Waals surface area contributed by atoms with Crippen molar-refractivity contribution in [3.63, 3.8) is 0 Å². The minimum absolute atomic E-state index is 0.192. The first-order valence-electron chi connectivity index (χ1n) is 7.64. The standard InChI is InChI=1S/C15H18N4O4S2/c1-7-11(17-18-16-7)24-5-8-6-25-13-10(20)12(21)19(13)9(8)14(22)23-15(2,3)4/h13H,5-6H2,1-4H3,(H,16,17,18)/t13-/m0/s1. The molecule has 134 valence electrons. The number of H-pyrrole nitrogens is 1. The van der Waals surface area contributed by atoms with Crippen molar-refractivity contribution in [2.24, 2.45) is 0 Å². The minimum Gasteiger partial charge on any atom is -0.455 e. The SMILES string of the molecule is Cc1[nH]nnc1SCC1=C(C(=O)OC(C)(C)C)N2C(=O)C(=O)[C@@H]2SC1. The van der Waals surface area contributed by atoms with E-state index in [0.717, 1.165) is 16.3 Å². The van der Waals surface area contributed by atoms with Gasteiger partial charge in [0.15, 0.2) is 5.37 Å². The molecule has 0 aromatic carbocycles. The second-order valence-electron chi connectivity index (χ2n) is 6.69. The topological polar surface area (TPSA) is 105 Å². The van der Waals surface area contributed by atoms with Gasteiger partial charge in [0.2, 0.25) is 0 Å². The second kappa shape index (κ2) is 6.49. The lowest BCUT2D eigenvalue weighted by atomic mass is 10.1. The van der Waals surface area contributed by atoms with Gasteiger partial charge in [-0.1, -0.05) is 17.0 Å². The Morgan fingerprint density at radius 1 is 1.44 bits per heavy atom. The zero-order valence-corrected chi connectivity index (χ0v) is 15.9. The average molecular weight is 382 g/mol. The van der Waals surface area contributed by atoms with E-state index in [9.17, 15) is 14.4 Å². The van der Waals surface area contributed by atoms with Crippen molar-refractivity contribution in [1.29, 1.82) is 0 Å². The maximum Gasteiger partial charge on any atom is 0.355 e. The highest BCUT2D eigenvalue weighted by Gasteiger charge is 2.53. The number of hydrogen-bond donors (Lipinski definition) is 1. The highest BCUT2D eigenvalue weighted by atomic mass is 32.2. The lowest BCUT2D eigenvalue weighted by Gasteiger charge is -2.43. The summed E-state index contributed by atoms with van der Waals surface area (Å²) in [5, 5.41) is 10.6. The summed E-state index contributed by atoms with van der Waals surface area (Å²) in [5.74, 6) is -0.757. The van der Waals surface area contributed by atoms with Crippen LogP contribution in [0.25, 0.3) is 0 Å². The van der Waals surface area contributed by atoms with Gasteiger partial charge < -0.3 is 4.74 Å². The van der Waals surface area contributed by atoms with Crippen LogP contribution < -0.4 is 0 Å². The fourth-order valence-electron chi connectivity index (χ4n) is 2.41. The Bertz CT molecular complexity index is 781. The number of ketones is 1. The molecule has 0 saturated carbocycles. The van der Waals surface area contributed by atoms with Crippen LogP contribution in [-0.4, -0.2) is 60.5 Å². The number of fused-ring (bicyclic) bond motifs is 1. The Kier molecular flexibility index (Phi) is 4.67. The van der Waals surface area contributed by atoms with E-state index < -0.39 is 28.6 Å².